The number of fused-ring (bicyclic) bond motifs is 3. The van der Waals surface area contributed by atoms with Gasteiger partial charge in [0.2, 0.25) is 10.0 Å². The van der Waals surface area contributed by atoms with Gasteiger partial charge in [-0.05, 0) is 53.1 Å². The lowest BCUT2D eigenvalue weighted by molar-refractivity contribution is 0.390. The van der Waals surface area contributed by atoms with E-state index in [1.807, 2.05) is 49.4 Å². The molecule has 0 aromatic heterocycles. The summed E-state index contributed by atoms with van der Waals surface area (Å²) in [6.07, 6.45) is 0. The van der Waals surface area contributed by atoms with E-state index < -0.39 is 10.0 Å². The van der Waals surface area contributed by atoms with Gasteiger partial charge in [0, 0.05) is 23.2 Å². The Hall–Kier alpha value is -2.60. The Kier molecular flexibility index (Phi) is 5.34. The average molecular weight is 446 g/mol. The van der Waals surface area contributed by atoms with Crippen LogP contribution in [-0.2, 0) is 16.6 Å². The number of aryl methyl sites for hydroxylation is 1. The third kappa shape index (κ3) is 3.89. The molecule has 0 radical (unpaired) electrons. The third-order valence-corrected chi connectivity index (χ3v) is 8.87. The van der Waals surface area contributed by atoms with E-state index in [1.165, 1.54) is 5.56 Å². The number of rotatable bonds is 4. The first-order valence-electron chi connectivity index (χ1n) is 10.3. The van der Waals surface area contributed by atoms with Crippen molar-refractivity contribution in [2.24, 2.45) is 0 Å². The molecule has 0 saturated heterocycles. The molecule has 0 saturated carbocycles. The Morgan fingerprint density at radius 1 is 0.839 bits per heavy atom. The molecule has 5 heteroatoms. The van der Waals surface area contributed by atoms with E-state index in [1.54, 1.807) is 28.2 Å². The Morgan fingerprint density at radius 3 is 2.32 bits per heavy atom. The number of nitrogens with zero attached hydrogens (tertiary/aromatic N) is 1. The van der Waals surface area contributed by atoms with Crippen LogP contribution in [0.3, 0.4) is 0 Å². The molecule has 3 nitrogen and oxygen atoms in total. The van der Waals surface area contributed by atoms with Crippen LogP contribution in [0.5, 0.6) is 0 Å². The third-order valence-electron chi connectivity index (χ3n) is 5.81. The molecule has 0 amide bonds. The monoisotopic (exact) mass is 445 g/mol. The van der Waals surface area contributed by atoms with Crippen molar-refractivity contribution in [3.05, 3.63) is 108 Å². The second-order valence-corrected chi connectivity index (χ2v) is 11.1. The average Bonchev–Trinajstić information content (AvgIpc) is 2.80. The summed E-state index contributed by atoms with van der Waals surface area (Å²) in [6.45, 7) is 2.80. The SMILES string of the molecule is Cc1ccc(S(=O)(=O)N2Cc3c(ccc4ccccc34)C(Sc3ccccc3)C2)cc1. The summed E-state index contributed by atoms with van der Waals surface area (Å²) in [4.78, 5) is 1.49. The highest BCUT2D eigenvalue weighted by Crippen LogP contribution is 2.44. The van der Waals surface area contributed by atoms with Gasteiger partial charge in [-0.15, -0.1) is 11.8 Å². The van der Waals surface area contributed by atoms with E-state index in [9.17, 15) is 8.42 Å². The number of hydrogen-bond acceptors (Lipinski definition) is 3. The predicted molar refractivity (Wildman–Crippen MR) is 128 cm³/mol. The van der Waals surface area contributed by atoms with E-state index >= 15 is 0 Å². The number of sulfonamides is 1. The maximum atomic E-state index is 13.6. The maximum Gasteiger partial charge on any atom is 0.243 e. The molecule has 1 atom stereocenters. The zero-order chi connectivity index (χ0) is 21.4. The van der Waals surface area contributed by atoms with E-state index in [0.717, 1.165) is 26.8 Å². The molecule has 4 aromatic rings. The van der Waals surface area contributed by atoms with E-state index in [-0.39, 0.29) is 5.25 Å². The van der Waals surface area contributed by atoms with Gasteiger partial charge in [0.1, 0.15) is 0 Å². The molecule has 0 N–H and O–H groups in total. The minimum Gasteiger partial charge on any atom is -0.207 e. The molecule has 0 fully saturated rings. The lowest BCUT2D eigenvalue weighted by atomic mass is 9.94. The fourth-order valence-electron chi connectivity index (χ4n) is 4.16. The van der Waals surface area contributed by atoms with E-state index in [0.29, 0.717) is 18.0 Å². The van der Waals surface area contributed by atoms with Crippen LogP contribution in [0.1, 0.15) is 21.9 Å². The standard InChI is InChI=1S/C26H23NO2S2/c1-19-11-14-22(15-12-19)31(28,29)27-17-25-23-10-6-5-7-20(23)13-16-24(25)26(18-27)30-21-8-3-2-4-9-21/h2-16,26H,17-18H2,1H3. The van der Waals surface area contributed by atoms with Crippen LogP contribution in [0.2, 0.25) is 0 Å². The van der Waals surface area contributed by atoms with Gasteiger partial charge in [-0.2, -0.15) is 4.31 Å². The molecule has 1 heterocycles. The van der Waals surface area contributed by atoms with Crippen molar-refractivity contribution in [1.82, 2.24) is 4.31 Å². The maximum absolute atomic E-state index is 13.6. The van der Waals surface area contributed by atoms with Gasteiger partial charge >= 0.3 is 0 Å². The minimum atomic E-state index is -3.60. The van der Waals surface area contributed by atoms with Gasteiger partial charge in [0.15, 0.2) is 0 Å². The molecule has 0 spiro atoms. The summed E-state index contributed by atoms with van der Waals surface area (Å²) >= 11 is 1.73. The predicted octanol–water partition coefficient (Wildman–Crippen LogP) is 6.19. The molecule has 4 aromatic carbocycles. The normalized spacial score (nSPS) is 16.9. The van der Waals surface area contributed by atoms with Gasteiger partial charge < -0.3 is 0 Å². The quantitative estimate of drug-likeness (QED) is 0.376. The molecular formula is C26H23NO2S2. The highest BCUT2D eigenvalue weighted by molar-refractivity contribution is 7.99. The van der Waals surface area contributed by atoms with Crippen molar-refractivity contribution in [3.8, 4) is 0 Å². The Balaban J connectivity index is 1.61. The molecule has 31 heavy (non-hydrogen) atoms. The van der Waals surface area contributed by atoms with Crippen molar-refractivity contribution < 1.29 is 8.42 Å². The smallest absolute Gasteiger partial charge is 0.207 e. The van der Waals surface area contributed by atoms with Crippen molar-refractivity contribution in [1.29, 1.82) is 0 Å². The molecule has 1 aliphatic heterocycles. The number of benzene rings is 4. The number of hydrogen-bond donors (Lipinski definition) is 0. The first-order valence-corrected chi connectivity index (χ1v) is 12.6. The van der Waals surface area contributed by atoms with Gasteiger partial charge in [0.25, 0.3) is 0 Å². The van der Waals surface area contributed by atoms with Gasteiger partial charge in [-0.1, -0.05) is 72.3 Å². The van der Waals surface area contributed by atoms with Crippen LogP contribution in [0.4, 0.5) is 0 Å². The fraction of sp³-hybridized carbons (Fsp3) is 0.154. The zero-order valence-corrected chi connectivity index (χ0v) is 18.9. The van der Waals surface area contributed by atoms with E-state index in [4.69, 9.17) is 0 Å². The van der Waals surface area contributed by atoms with Gasteiger partial charge in [0.05, 0.1) is 4.90 Å². The molecule has 1 aliphatic rings. The van der Waals surface area contributed by atoms with Crippen molar-refractivity contribution >= 4 is 32.6 Å². The molecule has 5 rings (SSSR count). The van der Waals surface area contributed by atoms with Crippen LogP contribution in [0, 0.1) is 6.92 Å². The van der Waals surface area contributed by atoms with Crippen LogP contribution >= 0.6 is 11.8 Å². The molecule has 1 unspecified atom stereocenters. The van der Waals surface area contributed by atoms with Crippen molar-refractivity contribution in [2.75, 3.05) is 6.54 Å². The second kappa shape index (κ2) is 8.15. The van der Waals surface area contributed by atoms with Gasteiger partial charge in [-0.3, -0.25) is 0 Å². The summed E-state index contributed by atoms with van der Waals surface area (Å²) in [6, 6.07) is 29.9. The van der Waals surface area contributed by atoms with Crippen LogP contribution in [0.15, 0.2) is 101 Å². The summed E-state index contributed by atoms with van der Waals surface area (Å²) in [5.41, 5.74) is 3.38. The van der Waals surface area contributed by atoms with E-state index in [2.05, 4.69) is 36.4 Å². The Morgan fingerprint density at radius 2 is 1.55 bits per heavy atom. The topological polar surface area (TPSA) is 37.4 Å². The summed E-state index contributed by atoms with van der Waals surface area (Å²) in [7, 11) is -3.60. The first-order chi connectivity index (χ1) is 15.0. The van der Waals surface area contributed by atoms with Crippen LogP contribution in [0.25, 0.3) is 10.8 Å². The summed E-state index contributed by atoms with van der Waals surface area (Å²) < 4.78 is 28.8. The molecule has 0 bridgehead atoms. The largest absolute Gasteiger partial charge is 0.243 e. The zero-order valence-electron chi connectivity index (χ0n) is 17.2. The van der Waals surface area contributed by atoms with Gasteiger partial charge in [-0.25, -0.2) is 8.42 Å². The van der Waals surface area contributed by atoms with Crippen LogP contribution < -0.4 is 0 Å². The van der Waals surface area contributed by atoms with Crippen molar-refractivity contribution in [3.63, 3.8) is 0 Å². The van der Waals surface area contributed by atoms with Crippen LogP contribution in [-0.4, -0.2) is 19.3 Å². The lowest BCUT2D eigenvalue weighted by Gasteiger charge is -2.34. The fourth-order valence-corrected chi connectivity index (χ4v) is 6.92. The molecular weight excluding hydrogens is 422 g/mol. The lowest BCUT2D eigenvalue weighted by Crippen LogP contribution is -2.37. The molecule has 0 aliphatic carbocycles. The highest BCUT2D eigenvalue weighted by atomic mass is 32.2. The minimum absolute atomic E-state index is 0.0241. The second-order valence-electron chi connectivity index (χ2n) is 7.88. The summed E-state index contributed by atoms with van der Waals surface area (Å²) in [5, 5.41) is 2.29. The Labute approximate surface area is 187 Å². The first kappa shape index (κ1) is 20.3. The molecule has 156 valence electrons. The summed E-state index contributed by atoms with van der Waals surface area (Å²) in [5.74, 6) is 0. The highest BCUT2D eigenvalue weighted by Gasteiger charge is 2.34. The Bertz CT molecular complexity index is 1330. The number of thioether (sulfide) groups is 1. The van der Waals surface area contributed by atoms with Crippen molar-refractivity contribution in [2.45, 2.75) is 28.5 Å².